The number of piperidine rings is 1. The van der Waals surface area contributed by atoms with Crippen LogP contribution in [0.25, 0.3) is 0 Å². The largest absolute Gasteiger partial charge is 0.329 e. The van der Waals surface area contributed by atoms with Crippen molar-refractivity contribution in [3.05, 3.63) is 24.3 Å². The average Bonchev–Trinajstić information content (AvgIpc) is 2.13. The van der Waals surface area contributed by atoms with Crippen molar-refractivity contribution in [1.82, 2.24) is 9.80 Å². The maximum atomic E-state index is 13.2. The highest BCUT2D eigenvalue weighted by Gasteiger charge is 2.38. The van der Waals surface area contributed by atoms with Crippen molar-refractivity contribution in [2.24, 2.45) is 0 Å². The molecule has 96 valence electrons. The lowest BCUT2D eigenvalue weighted by Crippen LogP contribution is -2.46. The van der Waals surface area contributed by atoms with Gasteiger partial charge in [0.15, 0.2) is 0 Å². The minimum Gasteiger partial charge on any atom is -0.329 e. The lowest BCUT2D eigenvalue weighted by Gasteiger charge is -2.33. The molecule has 0 atom stereocenters. The Labute approximate surface area is 100 Å². The van der Waals surface area contributed by atoms with Crippen LogP contribution in [0.4, 0.5) is 8.78 Å². The molecule has 1 rings (SSSR count). The van der Waals surface area contributed by atoms with Crippen LogP contribution >= 0.6 is 0 Å². The van der Waals surface area contributed by atoms with Crippen molar-refractivity contribution in [1.29, 1.82) is 0 Å². The third-order valence-electron chi connectivity index (χ3n) is 2.39. The van der Waals surface area contributed by atoms with Crippen LogP contribution in [-0.4, -0.2) is 55.4 Å². The normalized spacial score (nSPS) is 20.3. The Morgan fingerprint density at radius 2 is 2.24 bits per heavy atom. The van der Waals surface area contributed by atoms with Crippen molar-refractivity contribution in [2.75, 3.05) is 33.7 Å². The molecule has 0 aromatic heterocycles. The molecule has 0 bridgehead atoms. The molecule has 0 saturated carbocycles. The van der Waals surface area contributed by atoms with Gasteiger partial charge in [-0.2, -0.15) is 0 Å². The van der Waals surface area contributed by atoms with Gasteiger partial charge in [0.1, 0.15) is 0 Å². The van der Waals surface area contributed by atoms with Crippen molar-refractivity contribution in [3.63, 3.8) is 0 Å². The van der Waals surface area contributed by atoms with E-state index in [1.54, 1.807) is 6.08 Å². The van der Waals surface area contributed by atoms with Gasteiger partial charge in [0.25, 0.3) is 5.92 Å². The van der Waals surface area contributed by atoms with E-state index in [4.69, 9.17) is 0 Å². The number of amides is 1. The highest BCUT2D eigenvalue weighted by atomic mass is 19.3. The van der Waals surface area contributed by atoms with E-state index in [9.17, 15) is 13.6 Å². The Bertz CT molecular complexity index is 337. The molecular formula is C12H18F2N2O. The van der Waals surface area contributed by atoms with Crippen LogP contribution < -0.4 is 0 Å². The van der Waals surface area contributed by atoms with Gasteiger partial charge in [-0.05, 0) is 14.1 Å². The number of carbonyl (C=O) groups is 1. The topological polar surface area (TPSA) is 23.6 Å². The first kappa shape index (κ1) is 13.8. The van der Waals surface area contributed by atoms with Gasteiger partial charge in [-0.3, -0.25) is 4.79 Å². The quantitative estimate of drug-likeness (QED) is 0.555. The standard InChI is InChI=1S/C12H18F2N2O/c1-10-7-12(13,14)9-16(8-10)11(17)5-4-6-15(2)3/h4-5H,1,6-9H2,2-3H3/b5-4+. The van der Waals surface area contributed by atoms with Crippen LogP contribution in [0.3, 0.4) is 0 Å². The van der Waals surface area contributed by atoms with Crippen molar-refractivity contribution in [2.45, 2.75) is 12.3 Å². The zero-order valence-corrected chi connectivity index (χ0v) is 10.2. The summed E-state index contributed by atoms with van der Waals surface area (Å²) in [6, 6.07) is 0. The molecule has 1 fully saturated rings. The predicted octanol–water partition coefficient (Wildman–Crippen LogP) is 1.53. The van der Waals surface area contributed by atoms with Gasteiger partial charge < -0.3 is 9.80 Å². The monoisotopic (exact) mass is 244 g/mol. The van der Waals surface area contributed by atoms with Gasteiger partial charge in [-0.15, -0.1) is 0 Å². The van der Waals surface area contributed by atoms with Gasteiger partial charge in [0.05, 0.1) is 6.54 Å². The predicted molar refractivity (Wildman–Crippen MR) is 63.0 cm³/mol. The number of halogens is 2. The minimum absolute atomic E-state index is 0.223. The fraction of sp³-hybridized carbons (Fsp3) is 0.583. The summed E-state index contributed by atoms with van der Waals surface area (Å²) >= 11 is 0. The third kappa shape index (κ3) is 4.65. The van der Waals surface area contributed by atoms with Crippen molar-refractivity contribution < 1.29 is 13.6 Å². The number of nitrogens with zero attached hydrogens (tertiary/aromatic N) is 2. The number of hydrogen-bond donors (Lipinski definition) is 0. The van der Waals surface area contributed by atoms with Gasteiger partial charge in [-0.1, -0.05) is 18.2 Å². The van der Waals surface area contributed by atoms with Gasteiger partial charge >= 0.3 is 0 Å². The van der Waals surface area contributed by atoms with Crippen LogP contribution in [0.2, 0.25) is 0 Å². The Morgan fingerprint density at radius 3 is 2.76 bits per heavy atom. The van der Waals surface area contributed by atoms with E-state index in [1.165, 1.54) is 6.08 Å². The van der Waals surface area contributed by atoms with Crippen LogP contribution in [0.1, 0.15) is 6.42 Å². The molecule has 1 saturated heterocycles. The van der Waals surface area contributed by atoms with Gasteiger partial charge in [-0.25, -0.2) is 8.78 Å². The number of rotatable bonds is 3. The molecule has 0 aromatic rings. The molecule has 0 radical (unpaired) electrons. The highest BCUT2D eigenvalue weighted by molar-refractivity contribution is 5.88. The second kappa shape index (κ2) is 5.40. The Balaban J connectivity index is 2.57. The summed E-state index contributed by atoms with van der Waals surface area (Å²) in [6.45, 7) is 3.86. The molecule has 0 aromatic carbocycles. The Hall–Kier alpha value is -1.23. The summed E-state index contributed by atoms with van der Waals surface area (Å²) in [7, 11) is 3.73. The van der Waals surface area contributed by atoms with E-state index in [0.29, 0.717) is 12.1 Å². The maximum absolute atomic E-state index is 13.2. The van der Waals surface area contributed by atoms with Gasteiger partial charge in [0, 0.05) is 25.6 Å². The van der Waals surface area contributed by atoms with Crippen LogP contribution in [0.15, 0.2) is 24.3 Å². The second-order valence-electron chi connectivity index (χ2n) is 4.64. The molecule has 3 nitrogen and oxygen atoms in total. The minimum atomic E-state index is -2.85. The summed E-state index contributed by atoms with van der Waals surface area (Å²) < 4.78 is 26.5. The molecule has 5 heteroatoms. The molecule has 1 aliphatic heterocycles. The molecule has 0 aliphatic carbocycles. The first-order chi connectivity index (χ1) is 7.80. The first-order valence-corrected chi connectivity index (χ1v) is 5.45. The smallest absolute Gasteiger partial charge is 0.269 e. The van der Waals surface area contributed by atoms with E-state index >= 15 is 0 Å². The molecule has 1 heterocycles. The first-order valence-electron chi connectivity index (χ1n) is 5.45. The van der Waals surface area contributed by atoms with E-state index in [0.717, 1.165) is 4.90 Å². The molecule has 0 N–H and O–H groups in total. The van der Waals surface area contributed by atoms with Gasteiger partial charge in [0.2, 0.25) is 5.91 Å². The van der Waals surface area contributed by atoms with E-state index in [1.807, 2.05) is 19.0 Å². The van der Waals surface area contributed by atoms with Crippen molar-refractivity contribution in [3.8, 4) is 0 Å². The lowest BCUT2D eigenvalue weighted by molar-refractivity contribution is -0.133. The average molecular weight is 244 g/mol. The van der Waals surface area contributed by atoms with Crippen LogP contribution in [-0.2, 0) is 4.79 Å². The number of carbonyl (C=O) groups excluding carboxylic acids is 1. The van der Waals surface area contributed by atoms with E-state index < -0.39 is 12.5 Å². The molecule has 17 heavy (non-hydrogen) atoms. The second-order valence-corrected chi connectivity index (χ2v) is 4.64. The summed E-state index contributed by atoms with van der Waals surface area (Å²) in [5, 5.41) is 0. The molecule has 0 unspecified atom stereocenters. The maximum Gasteiger partial charge on any atom is 0.269 e. The summed E-state index contributed by atoms with van der Waals surface area (Å²) in [5.74, 6) is -3.23. The fourth-order valence-electron chi connectivity index (χ4n) is 1.71. The number of likely N-dealkylation sites (tertiary alicyclic amines) is 1. The molecular weight excluding hydrogens is 226 g/mol. The summed E-state index contributed by atoms with van der Waals surface area (Å²) in [5.41, 5.74) is 0.399. The molecule has 1 aliphatic rings. The Morgan fingerprint density at radius 1 is 1.59 bits per heavy atom. The van der Waals surface area contributed by atoms with E-state index in [-0.39, 0.29) is 18.9 Å². The Kier molecular flexibility index (Phi) is 4.40. The van der Waals surface area contributed by atoms with E-state index in [2.05, 4.69) is 6.58 Å². The van der Waals surface area contributed by atoms with Crippen LogP contribution in [0.5, 0.6) is 0 Å². The number of hydrogen-bond acceptors (Lipinski definition) is 2. The van der Waals surface area contributed by atoms with Crippen LogP contribution in [0, 0.1) is 0 Å². The highest BCUT2D eigenvalue weighted by Crippen LogP contribution is 2.29. The molecule has 1 amide bonds. The lowest BCUT2D eigenvalue weighted by atomic mass is 10.0. The number of likely N-dealkylation sites (N-methyl/N-ethyl adjacent to an activating group) is 1. The SMILES string of the molecule is C=C1CN(C(=O)/C=C/CN(C)C)CC(F)(F)C1. The summed E-state index contributed by atoms with van der Waals surface area (Å²) in [6.07, 6.45) is 2.69. The summed E-state index contributed by atoms with van der Waals surface area (Å²) in [4.78, 5) is 14.7. The fourth-order valence-corrected chi connectivity index (χ4v) is 1.71. The zero-order valence-electron chi connectivity index (χ0n) is 10.2. The zero-order chi connectivity index (χ0) is 13.1. The molecule has 0 spiro atoms. The number of alkyl halides is 2. The van der Waals surface area contributed by atoms with Crippen molar-refractivity contribution >= 4 is 5.91 Å². The third-order valence-corrected chi connectivity index (χ3v) is 2.39.